The number of anilines is 1. The van der Waals surface area contributed by atoms with Crippen LogP contribution >= 0.6 is 0 Å². The molecular weight excluding hydrogens is 518 g/mol. The predicted octanol–water partition coefficient (Wildman–Crippen LogP) is 4.35. The molecule has 10 heteroatoms. The Labute approximate surface area is 227 Å². The van der Waals surface area contributed by atoms with Crippen LogP contribution in [-0.2, 0) is 21.4 Å². The summed E-state index contributed by atoms with van der Waals surface area (Å²) in [5, 5.41) is 6.27. The molecule has 4 aromatic rings. The molecule has 0 aromatic heterocycles. The van der Waals surface area contributed by atoms with Crippen LogP contribution in [0.3, 0.4) is 0 Å². The molecule has 4 aromatic carbocycles. The monoisotopic (exact) mass is 547 g/mol. The minimum absolute atomic E-state index is 0.207. The molecule has 0 unspecified atom stereocenters. The number of nitrogens with zero attached hydrogens (tertiary/aromatic N) is 2. The average Bonchev–Trinajstić information content (AvgIpc) is 2.94. The van der Waals surface area contributed by atoms with Gasteiger partial charge in [0, 0.05) is 6.07 Å². The van der Waals surface area contributed by atoms with E-state index in [9.17, 15) is 13.2 Å². The van der Waals surface area contributed by atoms with Gasteiger partial charge < -0.3 is 14.2 Å². The molecule has 39 heavy (non-hydrogen) atoms. The SMILES string of the molecule is COc1ccc(N(CC(=O)N/N=C\c2ccc(OCc3cccc4ccccc34)cc2)S(C)(=O)=O)c(OC)c1. The lowest BCUT2D eigenvalue weighted by Crippen LogP contribution is -2.39. The van der Waals surface area contributed by atoms with Gasteiger partial charge in [-0.25, -0.2) is 13.8 Å². The van der Waals surface area contributed by atoms with Crippen molar-refractivity contribution in [3.05, 3.63) is 96.1 Å². The molecule has 0 saturated carbocycles. The van der Waals surface area contributed by atoms with Crippen LogP contribution in [0.2, 0.25) is 0 Å². The zero-order chi connectivity index (χ0) is 27.8. The van der Waals surface area contributed by atoms with E-state index in [1.807, 2.05) is 36.4 Å². The maximum Gasteiger partial charge on any atom is 0.260 e. The van der Waals surface area contributed by atoms with Gasteiger partial charge in [0.25, 0.3) is 5.91 Å². The van der Waals surface area contributed by atoms with Crippen LogP contribution in [0.15, 0.2) is 90.0 Å². The number of benzene rings is 4. The summed E-state index contributed by atoms with van der Waals surface area (Å²) < 4.78 is 42.2. The van der Waals surface area contributed by atoms with Crippen molar-refractivity contribution in [3.8, 4) is 17.2 Å². The largest absolute Gasteiger partial charge is 0.497 e. The molecule has 0 spiro atoms. The quantitative estimate of drug-likeness (QED) is 0.221. The van der Waals surface area contributed by atoms with Gasteiger partial charge >= 0.3 is 0 Å². The summed E-state index contributed by atoms with van der Waals surface area (Å²) in [7, 11) is -0.906. The van der Waals surface area contributed by atoms with Crippen molar-refractivity contribution in [1.82, 2.24) is 5.43 Å². The molecule has 0 fully saturated rings. The van der Waals surface area contributed by atoms with Crippen molar-refractivity contribution < 1.29 is 27.4 Å². The van der Waals surface area contributed by atoms with Crippen molar-refractivity contribution in [2.24, 2.45) is 5.10 Å². The van der Waals surface area contributed by atoms with Crippen molar-refractivity contribution in [1.29, 1.82) is 0 Å². The van der Waals surface area contributed by atoms with Crippen LogP contribution in [0.25, 0.3) is 10.8 Å². The lowest BCUT2D eigenvalue weighted by Gasteiger charge is -2.23. The number of ether oxygens (including phenoxy) is 3. The number of carbonyl (C=O) groups is 1. The smallest absolute Gasteiger partial charge is 0.260 e. The van der Waals surface area contributed by atoms with Gasteiger partial charge in [-0.2, -0.15) is 5.10 Å². The topological polar surface area (TPSA) is 107 Å². The molecule has 1 amide bonds. The number of sulfonamides is 1. The van der Waals surface area contributed by atoms with E-state index >= 15 is 0 Å². The second-order valence-corrected chi connectivity index (χ2v) is 10.5. The molecule has 202 valence electrons. The lowest BCUT2D eigenvalue weighted by atomic mass is 10.1. The van der Waals surface area contributed by atoms with Crippen LogP contribution in [0, 0.1) is 0 Å². The maximum absolute atomic E-state index is 12.5. The first kappa shape index (κ1) is 27.5. The normalized spacial score (nSPS) is 11.4. The van der Waals surface area contributed by atoms with E-state index in [4.69, 9.17) is 14.2 Å². The fraction of sp³-hybridized carbons (Fsp3) is 0.172. The average molecular weight is 548 g/mol. The van der Waals surface area contributed by atoms with E-state index < -0.39 is 22.5 Å². The zero-order valence-corrected chi connectivity index (χ0v) is 22.6. The summed E-state index contributed by atoms with van der Waals surface area (Å²) in [6.45, 7) is -0.0551. The number of amides is 1. The van der Waals surface area contributed by atoms with Gasteiger partial charge in [-0.15, -0.1) is 0 Å². The molecule has 0 atom stereocenters. The molecular formula is C29H29N3O6S. The Bertz CT molecular complexity index is 1580. The van der Waals surface area contributed by atoms with E-state index in [2.05, 4.69) is 28.7 Å². The van der Waals surface area contributed by atoms with E-state index in [0.29, 0.717) is 18.1 Å². The fourth-order valence-corrected chi connectivity index (χ4v) is 4.81. The third-order valence-corrected chi connectivity index (χ3v) is 7.03. The second kappa shape index (κ2) is 12.3. The van der Waals surface area contributed by atoms with Crippen LogP contribution < -0.4 is 23.9 Å². The first-order valence-corrected chi connectivity index (χ1v) is 13.8. The van der Waals surface area contributed by atoms with Crippen molar-refractivity contribution in [2.75, 3.05) is 31.3 Å². The van der Waals surface area contributed by atoms with Crippen LogP contribution in [-0.4, -0.2) is 47.6 Å². The third kappa shape index (κ3) is 7.05. The number of nitrogens with one attached hydrogen (secondary N) is 1. The van der Waals surface area contributed by atoms with Crippen molar-refractivity contribution in [3.63, 3.8) is 0 Å². The Balaban J connectivity index is 1.36. The second-order valence-electron chi connectivity index (χ2n) is 8.60. The van der Waals surface area contributed by atoms with Gasteiger partial charge in [0.2, 0.25) is 10.0 Å². The highest BCUT2D eigenvalue weighted by Gasteiger charge is 2.24. The molecule has 0 saturated heterocycles. The van der Waals surface area contributed by atoms with E-state index in [0.717, 1.165) is 32.5 Å². The summed E-state index contributed by atoms with van der Waals surface area (Å²) in [5.74, 6) is 0.813. The highest BCUT2D eigenvalue weighted by molar-refractivity contribution is 7.92. The Hall–Kier alpha value is -4.57. The summed E-state index contributed by atoms with van der Waals surface area (Å²) in [6.07, 6.45) is 2.47. The van der Waals surface area contributed by atoms with Crippen molar-refractivity contribution >= 4 is 38.6 Å². The molecule has 0 aliphatic carbocycles. The summed E-state index contributed by atoms with van der Waals surface area (Å²) in [6, 6.07) is 26.2. The summed E-state index contributed by atoms with van der Waals surface area (Å²) in [4.78, 5) is 12.5. The highest BCUT2D eigenvalue weighted by Crippen LogP contribution is 2.33. The Morgan fingerprint density at radius 3 is 2.36 bits per heavy atom. The van der Waals surface area contributed by atoms with Crippen LogP contribution in [0.1, 0.15) is 11.1 Å². The van der Waals surface area contributed by atoms with E-state index in [1.54, 1.807) is 24.3 Å². The zero-order valence-electron chi connectivity index (χ0n) is 21.8. The number of rotatable bonds is 11. The molecule has 0 bridgehead atoms. The van der Waals surface area contributed by atoms with Gasteiger partial charge in [0.1, 0.15) is 30.4 Å². The molecule has 9 nitrogen and oxygen atoms in total. The van der Waals surface area contributed by atoms with Crippen LogP contribution in [0.4, 0.5) is 5.69 Å². The lowest BCUT2D eigenvalue weighted by molar-refractivity contribution is -0.119. The predicted molar refractivity (Wildman–Crippen MR) is 152 cm³/mol. The van der Waals surface area contributed by atoms with Gasteiger partial charge in [-0.05, 0) is 58.3 Å². The number of hydrogen-bond acceptors (Lipinski definition) is 7. The highest BCUT2D eigenvalue weighted by atomic mass is 32.2. The minimum Gasteiger partial charge on any atom is -0.497 e. The number of carbonyl (C=O) groups excluding carboxylic acids is 1. The molecule has 0 heterocycles. The summed E-state index contributed by atoms with van der Waals surface area (Å²) >= 11 is 0. The first-order chi connectivity index (χ1) is 18.8. The first-order valence-electron chi connectivity index (χ1n) is 12.0. The van der Waals surface area contributed by atoms with Crippen LogP contribution in [0.5, 0.6) is 17.2 Å². The van der Waals surface area contributed by atoms with Gasteiger partial charge in [0.05, 0.1) is 32.4 Å². The molecule has 0 radical (unpaired) electrons. The standard InChI is InChI=1S/C29H29N3O6S/c1-36-25-15-16-27(28(17-25)37-2)32(39(3,34)35)19-29(33)31-30-18-21-11-13-24(14-12-21)38-20-23-9-6-8-22-7-4-5-10-26(22)23/h4-18H,19-20H2,1-3H3,(H,31,33)/b30-18-. The molecule has 0 aliphatic rings. The van der Waals surface area contributed by atoms with Gasteiger partial charge in [0.15, 0.2) is 0 Å². The fourth-order valence-electron chi connectivity index (χ4n) is 3.95. The maximum atomic E-state index is 12.5. The minimum atomic E-state index is -3.80. The number of fused-ring (bicyclic) bond motifs is 1. The van der Waals surface area contributed by atoms with Gasteiger partial charge in [-0.3, -0.25) is 9.10 Å². The number of hydrazone groups is 1. The number of hydrogen-bond donors (Lipinski definition) is 1. The Kier molecular flexibility index (Phi) is 8.67. The van der Waals surface area contributed by atoms with Gasteiger partial charge in [-0.1, -0.05) is 42.5 Å². The Morgan fingerprint density at radius 1 is 0.923 bits per heavy atom. The van der Waals surface area contributed by atoms with E-state index in [1.165, 1.54) is 26.5 Å². The Morgan fingerprint density at radius 2 is 1.64 bits per heavy atom. The molecule has 1 N–H and O–H groups in total. The molecule has 0 aliphatic heterocycles. The third-order valence-electron chi connectivity index (χ3n) is 5.90. The van der Waals surface area contributed by atoms with E-state index in [-0.39, 0.29) is 11.4 Å². The number of methoxy groups -OCH3 is 2. The van der Waals surface area contributed by atoms with Crippen molar-refractivity contribution in [2.45, 2.75) is 6.61 Å². The summed E-state index contributed by atoms with van der Waals surface area (Å²) in [5.41, 5.74) is 4.40. The molecule has 4 rings (SSSR count).